The van der Waals surface area contributed by atoms with Crippen LogP contribution in [-0.4, -0.2) is 56.5 Å². The zero-order valence-corrected chi connectivity index (χ0v) is 22.8. The number of carboxylic acid groups (broad SMARTS) is 1. The molecule has 2 aliphatic heterocycles. The lowest BCUT2D eigenvalue weighted by atomic mass is 9.76. The summed E-state index contributed by atoms with van der Waals surface area (Å²) in [5.74, 6) is -4.43. The zero-order chi connectivity index (χ0) is 29.9. The van der Waals surface area contributed by atoms with Crippen LogP contribution in [0.5, 0.6) is 0 Å². The number of hydrogen-bond donors (Lipinski definition) is 3. The predicted octanol–water partition coefficient (Wildman–Crippen LogP) is 3.85. The summed E-state index contributed by atoms with van der Waals surface area (Å²) in [6.45, 7) is 0.00588. The Bertz CT molecular complexity index is 1510. The van der Waals surface area contributed by atoms with Crippen LogP contribution in [0.3, 0.4) is 0 Å². The lowest BCUT2D eigenvalue weighted by Crippen LogP contribution is -2.57. The molecule has 3 N–H and O–H groups in total. The number of carboxylic acids is 1. The predicted molar refractivity (Wildman–Crippen MR) is 155 cm³/mol. The van der Waals surface area contributed by atoms with Crippen molar-refractivity contribution >= 4 is 35.6 Å². The quantitative estimate of drug-likeness (QED) is 0.104. The van der Waals surface area contributed by atoms with Gasteiger partial charge in [0.15, 0.2) is 0 Å². The molecule has 0 spiro atoms. The highest BCUT2D eigenvalue weighted by Crippen LogP contribution is 2.50. The summed E-state index contributed by atoms with van der Waals surface area (Å²) in [5, 5.41) is 34.1. The monoisotopic (exact) mass is 569 g/mol. The first-order valence-corrected chi connectivity index (χ1v) is 13.8. The molecule has 0 saturated carbocycles. The summed E-state index contributed by atoms with van der Waals surface area (Å²) >= 11 is 0. The number of likely N-dealkylation sites (tertiary alicyclic amines) is 1. The fourth-order valence-corrected chi connectivity index (χ4v) is 6.01. The van der Waals surface area contributed by atoms with E-state index in [9.17, 15) is 34.7 Å². The number of non-ortho nitro benzene ring substituents is 1. The Balaban J connectivity index is 1.50. The van der Waals surface area contributed by atoms with Gasteiger partial charge in [-0.25, -0.2) is 0 Å². The Hall–Kier alpha value is -4.67. The van der Waals surface area contributed by atoms with Gasteiger partial charge in [-0.2, -0.15) is 0 Å². The van der Waals surface area contributed by atoms with Crippen LogP contribution in [0.1, 0.15) is 41.1 Å². The number of amides is 2. The van der Waals surface area contributed by atoms with Crippen LogP contribution in [0.25, 0.3) is 12.2 Å². The molecule has 2 amide bonds. The van der Waals surface area contributed by atoms with E-state index in [0.717, 1.165) is 16.0 Å². The molecule has 5 rings (SSSR count). The molecule has 0 aromatic heterocycles. The molecule has 3 aromatic carbocycles. The second-order valence-electron chi connectivity index (χ2n) is 10.7. The Morgan fingerprint density at radius 3 is 2.17 bits per heavy atom. The first kappa shape index (κ1) is 28.8. The average Bonchev–Trinajstić information content (AvgIpc) is 3.47. The first-order chi connectivity index (χ1) is 20.2. The normalized spacial score (nSPS) is 23.5. The Kier molecular flexibility index (Phi) is 8.28. The maximum atomic E-state index is 13.7. The number of nitrogens with one attached hydrogen (secondary N) is 1. The topological polar surface area (TPSA) is 150 Å². The van der Waals surface area contributed by atoms with Gasteiger partial charge in [0.1, 0.15) is 5.54 Å². The van der Waals surface area contributed by atoms with Gasteiger partial charge in [-0.05, 0) is 35.1 Å². The molecule has 216 valence electrons. The van der Waals surface area contributed by atoms with E-state index in [4.69, 9.17) is 0 Å². The van der Waals surface area contributed by atoms with Crippen LogP contribution in [-0.2, 0) is 20.8 Å². The van der Waals surface area contributed by atoms with E-state index in [0.29, 0.717) is 24.0 Å². The third kappa shape index (κ3) is 5.46. The van der Waals surface area contributed by atoms with Crippen molar-refractivity contribution in [3.8, 4) is 0 Å². The van der Waals surface area contributed by atoms with E-state index >= 15 is 0 Å². The molecule has 0 bridgehead atoms. The molecule has 2 fully saturated rings. The number of nitro benzene ring substituents is 1. The highest BCUT2D eigenvalue weighted by Gasteiger charge is 2.68. The van der Waals surface area contributed by atoms with E-state index in [-0.39, 0.29) is 25.3 Å². The summed E-state index contributed by atoms with van der Waals surface area (Å²) in [4.78, 5) is 52.2. The van der Waals surface area contributed by atoms with Gasteiger partial charge in [0, 0.05) is 37.7 Å². The zero-order valence-electron chi connectivity index (χ0n) is 22.8. The van der Waals surface area contributed by atoms with Crippen molar-refractivity contribution < 1.29 is 29.5 Å². The molecule has 0 aliphatic carbocycles. The number of rotatable bonds is 11. The Morgan fingerprint density at radius 2 is 1.57 bits per heavy atom. The molecule has 2 heterocycles. The number of nitro groups is 1. The summed E-state index contributed by atoms with van der Waals surface area (Å²) in [5.41, 5.74) is 1.14. The number of hydrogen-bond acceptors (Lipinski definition) is 7. The molecular formula is C32H31N3O7. The number of aliphatic carboxylic acids is 1. The van der Waals surface area contributed by atoms with Crippen LogP contribution < -0.4 is 5.32 Å². The highest BCUT2D eigenvalue weighted by atomic mass is 16.6. The number of nitrogens with zero attached hydrogens (tertiary/aromatic N) is 2. The first-order valence-electron chi connectivity index (χ1n) is 13.8. The van der Waals surface area contributed by atoms with Crippen molar-refractivity contribution in [3.05, 3.63) is 111 Å². The fourth-order valence-electron chi connectivity index (χ4n) is 6.01. The second kappa shape index (κ2) is 12.1. The number of carbonyl (C=O) groups excluding carboxylic acids is 2. The van der Waals surface area contributed by atoms with Gasteiger partial charge in [-0.3, -0.25) is 34.7 Å². The minimum atomic E-state index is -1.82. The molecule has 10 heteroatoms. The summed E-state index contributed by atoms with van der Waals surface area (Å²) in [6, 6.07) is 22.0. The molecule has 4 atom stereocenters. The number of unbranched alkanes of at least 4 members (excludes halogenated alkanes) is 1. The third-order valence-electron chi connectivity index (χ3n) is 8.11. The standard InChI is InChI=1S/C32H31N3O7/c36-19-5-4-18-34-29(37)26-27(30(34)38)32(31(39)40,20-23-12-16-25(17-13-23)35(41)42)33-28(26)24-14-10-22(11-15-24)9-8-21-6-2-1-3-7-21/h1-3,6-17,26-28,33,36H,4-5,18-20H2,(H,39,40)/b9-8+. The summed E-state index contributed by atoms with van der Waals surface area (Å²) < 4.78 is 0. The van der Waals surface area contributed by atoms with E-state index < -0.39 is 46.1 Å². The van der Waals surface area contributed by atoms with Crippen LogP contribution in [0.4, 0.5) is 5.69 Å². The second-order valence-corrected chi connectivity index (χ2v) is 10.7. The molecule has 0 radical (unpaired) electrons. The fraction of sp³-hybridized carbons (Fsp3) is 0.281. The lowest BCUT2D eigenvalue weighted by Gasteiger charge is -2.31. The number of fused-ring (bicyclic) bond motifs is 1. The number of aliphatic hydroxyl groups excluding tert-OH is 1. The van der Waals surface area contributed by atoms with Crippen LogP contribution in [0.2, 0.25) is 0 Å². The number of aliphatic hydroxyl groups is 1. The van der Waals surface area contributed by atoms with Crippen molar-refractivity contribution in [2.24, 2.45) is 11.8 Å². The van der Waals surface area contributed by atoms with E-state index in [1.54, 1.807) is 0 Å². The lowest BCUT2D eigenvalue weighted by molar-refractivity contribution is -0.384. The largest absolute Gasteiger partial charge is 0.480 e. The number of carbonyl (C=O) groups is 3. The third-order valence-corrected chi connectivity index (χ3v) is 8.11. The van der Waals surface area contributed by atoms with Crippen molar-refractivity contribution in [3.63, 3.8) is 0 Å². The number of imide groups is 1. The smallest absolute Gasteiger partial charge is 0.325 e. The van der Waals surface area contributed by atoms with Crippen molar-refractivity contribution in [2.45, 2.75) is 30.8 Å². The van der Waals surface area contributed by atoms with E-state index in [1.807, 2.05) is 66.7 Å². The molecule has 2 saturated heterocycles. The van der Waals surface area contributed by atoms with E-state index in [1.165, 1.54) is 24.3 Å². The molecule has 3 aromatic rings. The van der Waals surface area contributed by atoms with Gasteiger partial charge < -0.3 is 10.2 Å². The van der Waals surface area contributed by atoms with Gasteiger partial charge >= 0.3 is 5.97 Å². The van der Waals surface area contributed by atoms with Crippen molar-refractivity contribution in [1.29, 1.82) is 0 Å². The SMILES string of the molecule is O=C1C2C(c3ccc(/C=C/c4ccccc4)cc3)NC(Cc3ccc([N+](=O)[O-])cc3)(C(=O)O)C2C(=O)N1CCCCO. The molecule has 42 heavy (non-hydrogen) atoms. The molecular weight excluding hydrogens is 538 g/mol. The van der Waals surface area contributed by atoms with E-state index in [2.05, 4.69) is 5.32 Å². The summed E-state index contributed by atoms with van der Waals surface area (Å²) in [7, 11) is 0. The van der Waals surface area contributed by atoms with Gasteiger partial charge in [-0.1, -0.05) is 78.9 Å². The van der Waals surface area contributed by atoms with Gasteiger partial charge in [0.25, 0.3) is 5.69 Å². The number of benzene rings is 3. The minimum absolute atomic E-state index is 0.0858. The van der Waals surface area contributed by atoms with Gasteiger partial charge in [0.2, 0.25) is 11.8 Å². The van der Waals surface area contributed by atoms with Crippen LogP contribution in [0, 0.1) is 22.0 Å². The van der Waals surface area contributed by atoms with Gasteiger partial charge in [-0.15, -0.1) is 0 Å². The minimum Gasteiger partial charge on any atom is -0.480 e. The maximum Gasteiger partial charge on any atom is 0.325 e. The van der Waals surface area contributed by atoms with Crippen molar-refractivity contribution in [1.82, 2.24) is 10.2 Å². The Morgan fingerprint density at radius 1 is 0.929 bits per heavy atom. The summed E-state index contributed by atoms with van der Waals surface area (Å²) in [6.07, 6.45) is 4.57. The average molecular weight is 570 g/mol. The highest BCUT2D eigenvalue weighted by molar-refractivity contribution is 6.09. The molecule has 2 aliphatic rings. The van der Waals surface area contributed by atoms with Crippen LogP contribution >= 0.6 is 0 Å². The van der Waals surface area contributed by atoms with Crippen molar-refractivity contribution in [2.75, 3.05) is 13.2 Å². The maximum absolute atomic E-state index is 13.7. The van der Waals surface area contributed by atoms with Crippen LogP contribution in [0.15, 0.2) is 78.9 Å². The molecule has 4 unspecified atom stereocenters. The Labute approximate surface area is 242 Å². The van der Waals surface area contributed by atoms with Gasteiger partial charge in [0.05, 0.1) is 16.8 Å². The molecule has 10 nitrogen and oxygen atoms in total.